The summed E-state index contributed by atoms with van der Waals surface area (Å²) in [7, 11) is -0.762. The van der Waals surface area contributed by atoms with E-state index in [2.05, 4.69) is 35.8 Å². The fourth-order valence-electron chi connectivity index (χ4n) is 4.27. The van der Waals surface area contributed by atoms with Crippen molar-refractivity contribution in [2.45, 2.75) is 60.0 Å². The average Bonchev–Trinajstić information content (AvgIpc) is 2.72. The lowest BCUT2D eigenvalue weighted by Gasteiger charge is -2.36. The predicted molar refractivity (Wildman–Crippen MR) is 124 cm³/mol. The van der Waals surface area contributed by atoms with E-state index in [0.717, 1.165) is 51.1 Å². The molecule has 172 valence electrons. The maximum Gasteiger partial charge on any atom is 0.500 e. The van der Waals surface area contributed by atoms with E-state index in [9.17, 15) is 0 Å². The Hall–Kier alpha value is -0.963. The topological polar surface area (TPSA) is 43.4 Å². The number of ether oxygens (including phenoxy) is 1. The molecule has 1 aromatic carbocycles. The number of hydrogen-bond donors (Lipinski definition) is 0. The molecule has 0 saturated carbocycles. The first-order valence-corrected chi connectivity index (χ1v) is 13.4. The van der Waals surface area contributed by atoms with Gasteiger partial charge in [0.05, 0.1) is 13.8 Å². The van der Waals surface area contributed by atoms with Crippen molar-refractivity contribution in [1.82, 2.24) is 9.80 Å². The summed E-state index contributed by atoms with van der Waals surface area (Å²) in [6.45, 7) is 17.5. The van der Waals surface area contributed by atoms with E-state index < -0.39 is 8.80 Å². The van der Waals surface area contributed by atoms with Crippen LogP contribution in [-0.4, -0.2) is 71.8 Å². The van der Waals surface area contributed by atoms with Gasteiger partial charge in [0.25, 0.3) is 0 Å². The molecular formula is C23H42N2O4Si. The molecule has 1 fully saturated rings. The van der Waals surface area contributed by atoms with Crippen LogP contribution in [-0.2, 0) is 19.8 Å². The van der Waals surface area contributed by atoms with E-state index in [1.54, 1.807) is 7.11 Å². The molecule has 2 rings (SSSR count). The fraction of sp³-hybridized carbons (Fsp3) is 0.739. The van der Waals surface area contributed by atoms with Gasteiger partial charge in [0.15, 0.2) is 0 Å². The Labute approximate surface area is 184 Å². The molecule has 0 amide bonds. The summed E-state index contributed by atoms with van der Waals surface area (Å²) in [5.41, 5.74) is 3.80. The molecule has 0 atom stereocenters. The normalized spacial score (nSPS) is 16.2. The van der Waals surface area contributed by atoms with E-state index in [1.807, 2.05) is 20.8 Å². The summed E-state index contributed by atoms with van der Waals surface area (Å²) < 4.78 is 23.7. The highest BCUT2D eigenvalue weighted by Gasteiger charge is 2.39. The number of hydrogen-bond acceptors (Lipinski definition) is 6. The van der Waals surface area contributed by atoms with Crippen molar-refractivity contribution in [2.75, 3.05) is 53.2 Å². The van der Waals surface area contributed by atoms with Gasteiger partial charge in [-0.15, -0.1) is 0 Å². The minimum atomic E-state index is -2.54. The molecule has 1 aliphatic heterocycles. The van der Waals surface area contributed by atoms with Gasteiger partial charge in [-0.1, -0.05) is 12.1 Å². The third-order valence-corrected chi connectivity index (χ3v) is 8.91. The highest BCUT2D eigenvalue weighted by atomic mass is 28.4. The minimum Gasteiger partial charge on any atom is -0.496 e. The monoisotopic (exact) mass is 438 g/mol. The molecule has 6 nitrogen and oxygen atoms in total. The lowest BCUT2D eigenvalue weighted by atomic mass is 10.0. The largest absolute Gasteiger partial charge is 0.500 e. The lowest BCUT2D eigenvalue weighted by molar-refractivity contribution is 0.0628. The summed E-state index contributed by atoms with van der Waals surface area (Å²) in [5.74, 6) is 1.04. The quantitative estimate of drug-likeness (QED) is 0.430. The summed E-state index contributed by atoms with van der Waals surface area (Å²) >= 11 is 0. The Morgan fingerprint density at radius 2 is 1.57 bits per heavy atom. The van der Waals surface area contributed by atoms with Gasteiger partial charge >= 0.3 is 8.80 Å². The van der Waals surface area contributed by atoms with Crippen molar-refractivity contribution in [1.29, 1.82) is 0 Å². The number of nitrogens with zero attached hydrogens (tertiary/aromatic N) is 2. The maximum absolute atomic E-state index is 6.00. The van der Waals surface area contributed by atoms with E-state index >= 15 is 0 Å². The van der Waals surface area contributed by atoms with Crippen LogP contribution in [0.1, 0.15) is 50.3 Å². The van der Waals surface area contributed by atoms with Gasteiger partial charge < -0.3 is 18.0 Å². The first kappa shape index (κ1) is 25.3. The molecule has 1 aromatic rings. The van der Waals surface area contributed by atoms with Crippen LogP contribution in [0.2, 0.25) is 6.04 Å². The van der Waals surface area contributed by atoms with E-state index in [-0.39, 0.29) is 0 Å². The van der Waals surface area contributed by atoms with Gasteiger partial charge in [0, 0.05) is 51.1 Å². The van der Waals surface area contributed by atoms with Crippen molar-refractivity contribution < 1.29 is 18.0 Å². The summed E-state index contributed by atoms with van der Waals surface area (Å²) in [6.07, 6.45) is 2.23. The van der Waals surface area contributed by atoms with Crippen LogP contribution >= 0.6 is 0 Å². The Kier molecular flexibility index (Phi) is 10.8. The minimum absolute atomic E-state index is 0.640. The Bertz CT molecular complexity index is 627. The van der Waals surface area contributed by atoms with Gasteiger partial charge in [-0.2, -0.15) is 0 Å². The van der Waals surface area contributed by atoms with Crippen LogP contribution in [0.5, 0.6) is 5.75 Å². The average molecular weight is 439 g/mol. The van der Waals surface area contributed by atoms with Gasteiger partial charge in [0.1, 0.15) is 5.75 Å². The van der Waals surface area contributed by atoms with Crippen LogP contribution < -0.4 is 4.74 Å². The maximum atomic E-state index is 6.00. The SMILES string of the molecule is CCO[Si](CCCN1CCCN(Cc2ccc(C)c(C)c2OC)C1)(OCC)OCC. The lowest BCUT2D eigenvalue weighted by Crippen LogP contribution is -2.48. The summed E-state index contributed by atoms with van der Waals surface area (Å²) in [6, 6.07) is 5.30. The second-order valence-corrected chi connectivity index (χ2v) is 10.7. The molecule has 1 heterocycles. The van der Waals surface area contributed by atoms with Gasteiger partial charge in [-0.25, -0.2) is 0 Å². The molecule has 0 unspecified atom stereocenters. The number of rotatable bonds is 13. The Morgan fingerprint density at radius 3 is 2.17 bits per heavy atom. The molecule has 0 radical (unpaired) electrons. The van der Waals surface area contributed by atoms with Crippen molar-refractivity contribution in [3.05, 3.63) is 28.8 Å². The van der Waals surface area contributed by atoms with Gasteiger partial charge in [-0.3, -0.25) is 9.80 Å². The van der Waals surface area contributed by atoms with Gasteiger partial charge in [0.2, 0.25) is 0 Å². The van der Waals surface area contributed by atoms with E-state index in [0.29, 0.717) is 19.8 Å². The second-order valence-electron chi connectivity index (χ2n) is 7.95. The van der Waals surface area contributed by atoms with Crippen LogP contribution in [0.15, 0.2) is 12.1 Å². The fourth-order valence-corrected chi connectivity index (χ4v) is 6.86. The molecule has 0 aromatic heterocycles. The Balaban J connectivity index is 1.91. The molecule has 0 spiro atoms. The smallest absolute Gasteiger partial charge is 0.496 e. The molecule has 7 heteroatoms. The summed E-state index contributed by atoms with van der Waals surface area (Å²) in [5, 5.41) is 0. The second kappa shape index (κ2) is 12.8. The zero-order valence-corrected chi connectivity index (χ0v) is 21.0. The molecule has 30 heavy (non-hydrogen) atoms. The van der Waals surface area contributed by atoms with Crippen LogP contribution in [0.3, 0.4) is 0 Å². The number of aryl methyl sites for hydroxylation is 1. The molecule has 1 saturated heterocycles. The van der Waals surface area contributed by atoms with Crippen molar-refractivity contribution >= 4 is 8.80 Å². The molecule has 0 bridgehead atoms. The van der Waals surface area contributed by atoms with Crippen LogP contribution in [0, 0.1) is 13.8 Å². The van der Waals surface area contributed by atoms with E-state index in [1.165, 1.54) is 23.1 Å². The molecule has 0 N–H and O–H groups in total. The summed E-state index contributed by atoms with van der Waals surface area (Å²) in [4.78, 5) is 5.06. The first-order valence-electron chi connectivity index (χ1n) is 11.5. The highest BCUT2D eigenvalue weighted by molar-refractivity contribution is 6.60. The predicted octanol–water partition coefficient (Wildman–Crippen LogP) is 4.22. The van der Waals surface area contributed by atoms with Crippen molar-refractivity contribution in [3.8, 4) is 5.75 Å². The van der Waals surface area contributed by atoms with Crippen molar-refractivity contribution in [2.24, 2.45) is 0 Å². The first-order chi connectivity index (χ1) is 14.5. The molecule has 0 aliphatic carbocycles. The van der Waals surface area contributed by atoms with Crippen molar-refractivity contribution in [3.63, 3.8) is 0 Å². The third kappa shape index (κ3) is 7.04. The highest BCUT2D eigenvalue weighted by Crippen LogP contribution is 2.28. The zero-order chi connectivity index (χ0) is 22.0. The number of methoxy groups -OCH3 is 1. The van der Waals surface area contributed by atoms with Gasteiger partial charge in [-0.05, 0) is 65.1 Å². The zero-order valence-electron chi connectivity index (χ0n) is 20.0. The van der Waals surface area contributed by atoms with E-state index in [4.69, 9.17) is 18.0 Å². The van der Waals surface area contributed by atoms with Crippen LogP contribution in [0.25, 0.3) is 0 Å². The molecule has 1 aliphatic rings. The third-order valence-electron chi connectivity index (χ3n) is 5.76. The number of benzene rings is 1. The Morgan fingerprint density at radius 1 is 0.933 bits per heavy atom. The standard InChI is InChI=1S/C23H42N2O4Si/c1-7-27-30(28-8-2,29-9-3)17-11-16-24-14-10-15-25(19-24)18-22-13-12-20(4)21(5)23(22)26-6/h12-13H,7-11,14-19H2,1-6H3. The molecular weight excluding hydrogens is 396 g/mol. The van der Waals surface area contributed by atoms with Crippen LogP contribution in [0.4, 0.5) is 0 Å².